The van der Waals surface area contributed by atoms with Crippen molar-refractivity contribution in [3.63, 3.8) is 0 Å². The average molecular weight is 946 g/mol. The summed E-state index contributed by atoms with van der Waals surface area (Å²) in [6.07, 6.45) is -2.06. The van der Waals surface area contributed by atoms with Crippen LogP contribution in [0.5, 0.6) is 11.5 Å². The third-order valence-electron chi connectivity index (χ3n) is 13.7. The van der Waals surface area contributed by atoms with E-state index in [4.69, 9.17) is 13.9 Å². The number of ether oxygens (including phenoxy) is 2. The number of anilines is 2. The first-order chi connectivity index (χ1) is 32.3. The third-order valence-corrected chi connectivity index (χ3v) is 19.7. The van der Waals surface area contributed by atoms with Gasteiger partial charge in [-0.25, -0.2) is 14.5 Å². The van der Waals surface area contributed by atoms with Gasteiger partial charge in [-0.3, -0.25) is 14.4 Å². The molecule has 5 amide bonds. The molecule has 15 nitrogen and oxygen atoms in total. The molecule has 68 heavy (non-hydrogen) atoms. The Morgan fingerprint density at radius 3 is 1.90 bits per heavy atom. The standard InChI is InChI=1S/C52H63N5O10Si/c1-28(2)46(55-51(62)66-27-41-38-17-13-11-15-36(38)37-16-12-14-18-39(37)41)48(59)53-32(9)47(58)54-35-21-19-33(20-22-35)34-23-43-50(61)57(52(63)64)42-25-45(67-68(29(3)4,30(5)6)31(7)8)44(65-10)24-40(42)49(60)56(43)26-34/h11-22,24-26,28-32,41,43,46,50,61H,23,27H2,1-10H3,(H,53,59)(H,54,58)(H,55,62)(H,63,64)/t32-,43?,46-,50-/m0/s1. The molecular weight excluding hydrogens is 883 g/mol. The first-order valence-electron chi connectivity index (χ1n) is 23.3. The van der Waals surface area contributed by atoms with E-state index < -0.39 is 62.6 Å². The number of benzene rings is 4. The van der Waals surface area contributed by atoms with Crippen LogP contribution in [0, 0.1) is 5.92 Å². The predicted octanol–water partition coefficient (Wildman–Crippen LogP) is 9.33. The zero-order valence-corrected chi connectivity index (χ0v) is 41.3. The Morgan fingerprint density at radius 2 is 1.35 bits per heavy atom. The molecule has 7 rings (SSSR count). The Labute approximate surface area is 399 Å². The second-order valence-corrected chi connectivity index (χ2v) is 24.5. The van der Waals surface area contributed by atoms with Gasteiger partial charge in [-0.05, 0) is 87.5 Å². The maximum atomic E-state index is 14.4. The molecule has 0 radical (unpaired) electrons. The van der Waals surface area contributed by atoms with E-state index >= 15 is 0 Å². The minimum absolute atomic E-state index is 0.00596. The molecule has 360 valence electrons. The van der Waals surface area contributed by atoms with Crippen molar-refractivity contribution in [3.05, 3.63) is 113 Å². The van der Waals surface area contributed by atoms with Crippen molar-refractivity contribution in [1.82, 2.24) is 15.5 Å². The van der Waals surface area contributed by atoms with Crippen molar-refractivity contribution in [3.8, 4) is 22.6 Å². The lowest BCUT2D eigenvalue weighted by atomic mass is 9.98. The molecule has 4 atom stereocenters. The number of rotatable bonds is 15. The highest BCUT2D eigenvalue weighted by atomic mass is 28.4. The SMILES string of the molecule is COc1cc2c(cc1O[Si](C(C)C)(C(C)C)C(C)C)N(C(=O)O)[C@@H](O)C1CC(c3ccc(NC(=O)[C@H](C)NC(=O)[C@@H](NC(=O)OCC4c5ccccc5-c5ccccc54)C(C)C)cc3)=CN1C2=O. The summed E-state index contributed by atoms with van der Waals surface area (Å²) >= 11 is 0. The maximum absolute atomic E-state index is 14.4. The van der Waals surface area contributed by atoms with E-state index in [1.54, 1.807) is 44.3 Å². The van der Waals surface area contributed by atoms with E-state index in [1.807, 2.05) is 48.5 Å². The van der Waals surface area contributed by atoms with Gasteiger partial charge >= 0.3 is 12.2 Å². The van der Waals surface area contributed by atoms with Gasteiger partial charge in [0.2, 0.25) is 11.8 Å². The number of carboxylic acid groups (broad SMARTS) is 1. The minimum Gasteiger partial charge on any atom is -0.540 e. The van der Waals surface area contributed by atoms with Crippen LogP contribution in [0.25, 0.3) is 16.7 Å². The maximum Gasteiger partial charge on any atom is 0.414 e. The fourth-order valence-electron chi connectivity index (χ4n) is 10.4. The number of aliphatic hydroxyl groups excluding tert-OH is 1. The number of hydrogen-bond donors (Lipinski definition) is 5. The average Bonchev–Trinajstić information content (AvgIpc) is 3.87. The van der Waals surface area contributed by atoms with Crippen LogP contribution in [0.2, 0.25) is 16.6 Å². The zero-order chi connectivity index (χ0) is 49.4. The molecule has 2 aliphatic heterocycles. The van der Waals surface area contributed by atoms with Gasteiger partial charge in [0.05, 0.1) is 24.4 Å². The van der Waals surface area contributed by atoms with E-state index in [0.29, 0.717) is 22.6 Å². The topological polar surface area (TPSA) is 196 Å². The first kappa shape index (κ1) is 49.3. The smallest absolute Gasteiger partial charge is 0.414 e. The summed E-state index contributed by atoms with van der Waals surface area (Å²) in [4.78, 5) is 69.4. The lowest BCUT2D eigenvalue weighted by molar-refractivity contribution is -0.128. The van der Waals surface area contributed by atoms with Crippen LogP contribution in [-0.2, 0) is 14.3 Å². The fourth-order valence-corrected chi connectivity index (χ4v) is 15.6. The van der Waals surface area contributed by atoms with Gasteiger partial charge in [0.25, 0.3) is 14.2 Å². The van der Waals surface area contributed by atoms with Crippen molar-refractivity contribution < 1.29 is 48.1 Å². The first-order valence-corrected chi connectivity index (χ1v) is 25.4. The summed E-state index contributed by atoms with van der Waals surface area (Å²) in [6, 6.07) is 22.9. The molecule has 4 aromatic rings. The number of amides is 5. The Morgan fingerprint density at radius 1 is 0.765 bits per heavy atom. The molecule has 16 heteroatoms. The molecule has 2 heterocycles. The highest BCUT2D eigenvalue weighted by Gasteiger charge is 2.49. The van der Waals surface area contributed by atoms with Crippen LogP contribution >= 0.6 is 0 Å². The van der Waals surface area contributed by atoms with Crippen LogP contribution < -0.4 is 30.0 Å². The van der Waals surface area contributed by atoms with Gasteiger partial charge in [0.15, 0.2) is 12.0 Å². The Balaban J connectivity index is 1.00. The summed E-state index contributed by atoms with van der Waals surface area (Å²) in [6.45, 7) is 18.0. The Bertz CT molecular complexity index is 2550. The molecule has 0 bridgehead atoms. The number of aliphatic hydroxyl groups is 1. The number of fused-ring (bicyclic) bond motifs is 5. The summed E-state index contributed by atoms with van der Waals surface area (Å²) in [5.41, 5.74) is 6.73. The molecule has 1 aliphatic carbocycles. The molecule has 0 fully saturated rings. The summed E-state index contributed by atoms with van der Waals surface area (Å²) < 4.78 is 18.4. The van der Waals surface area contributed by atoms with Crippen molar-refractivity contribution >= 4 is 55.2 Å². The van der Waals surface area contributed by atoms with Gasteiger partial charge in [0.1, 0.15) is 24.4 Å². The summed E-state index contributed by atoms with van der Waals surface area (Å²) in [5.74, 6) is -1.43. The van der Waals surface area contributed by atoms with Crippen LogP contribution in [0.15, 0.2) is 91.1 Å². The molecule has 4 aromatic carbocycles. The second-order valence-electron chi connectivity index (χ2n) is 19.1. The number of carbonyl (C=O) groups is 5. The number of hydrogen-bond acceptors (Lipinski definition) is 9. The lowest BCUT2D eigenvalue weighted by Gasteiger charge is -2.42. The fraction of sp³-hybridized carbons (Fsp3) is 0.404. The highest BCUT2D eigenvalue weighted by molar-refractivity contribution is 6.78. The predicted molar refractivity (Wildman–Crippen MR) is 263 cm³/mol. The summed E-state index contributed by atoms with van der Waals surface area (Å²) in [5, 5.41) is 30.5. The van der Waals surface area contributed by atoms with E-state index in [0.717, 1.165) is 27.2 Å². The highest BCUT2D eigenvalue weighted by Crippen LogP contribution is 2.49. The van der Waals surface area contributed by atoms with Crippen molar-refractivity contribution in [2.24, 2.45) is 5.92 Å². The molecule has 5 N–H and O–H groups in total. The van der Waals surface area contributed by atoms with Crippen molar-refractivity contribution in [1.29, 1.82) is 0 Å². The lowest BCUT2D eigenvalue weighted by Crippen LogP contribution is -2.53. The van der Waals surface area contributed by atoms with Crippen molar-refractivity contribution in [2.45, 2.75) is 116 Å². The van der Waals surface area contributed by atoms with E-state index in [-0.39, 0.29) is 58.5 Å². The van der Waals surface area contributed by atoms with Crippen LogP contribution in [-0.4, -0.2) is 91.4 Å². The number of nitrogens with one attached hydrogen (secondary N) is 3. The summed E-state index contributed by atoms with van der Waals surface area (Å²) in [7, 11) is -1.08. The molecule has 0 spiro atoms. The van der Waals surface area contributed by atoms with E-state index in [2.05, 4.69) is 57.5 Å². The molecule has 1 unspecified atom stereocenters. The van der Waals surface area contributed by atoms with Gasteiger partial charge in [-0.2, -0.15) is 0 Å². The van der Waals surface area contributed by atoms with Crippen LogP contribution in [0.4, 0.5) is 21.0 Å². The Hall–Kier alpha value is -6.65. The van der Waals surface area contributed by atoms with Gasteiger partial charge in [-0.1, -0.05) is 116 Å². The number of alkyl carbamates (subject to hydrolysis) is 1. The molecule has 0 aromatic heterocycles. The van der Waals surface area contributed by atoms with Crippen LogP contribution in [0.3, 0.4) is 0 Å². The third kappa shape index (κ3) is 9.31. The quantitative estimate of drug-likeness (QED) is 0.0717. The largest absolute Gasteiger partial charge is 0.540 e. The molecular formula is C52H63N5O10Si. The number of nitrogens with zero attached hydrogens (tertiary/aromatic N) is 2. The van der Waals surface area contributed by atoms with E-state index in [1.165, 1.54) is 31.1 Å². The second kappa shape index (κ2) is 19.9. The Kier molecular flexibility index (Phi) is 14.4. The van der Waals surface area contributed by atoms with Crippen molar-refractivity contribution in [2.75, 3.05) is 23.9 Å². The van der Waals surface area contributed by atoms with Gasteiger partial charge in [-0.15, -0.1) is 0 Å². The molecule has 0 saturated heterocycles. The van der Waals surface area contributed by atoms with E-state index in [9.17, 15) is 34.2 Å². The molecule has 3 aliphatic rings. The van der Waals surface area contributed by atoms with Crippen LogP contribution in [0.1, 0.15) is 102 Å². The molecule has 0 saturated carbocycles. The number of carbonyl (C=O) groups excluding carboxylic acids is 4. The minimum atomic E-state index is -2.56. The van der Waals surface area contributed by atoms with Gasteiger partial charge < -0.3 is 45.0 Å². The zero-order valence-electron chi connectivity index (χ0n) is 40.3. The van der Waals surface area contributed by atoms with Gasteiger partial charge in [0, 0.05) is 23.9 Å². The number of methoxy groups -OCH3 is 1. The monoisotopic (exact) mass is 945 g/mol. The normalized spacial score (nSPS) is 17.5.